The van der Waals surface area contributed by atoms with Gasteiger partial charge in [0.15, 0.2) is 0 Å². The highest BCUT2D eigenvalue weighted by Gasteiger charge is 2.44. The molecule has 19 heavy (non-hydrogen) atoms. The van der Waals surface area contributed by atoms with E-state index in [-0.39, 0.29) is 6.54 Å². The van der Waals surface area contributed by atoms with Crippen molar-refractivity contribution in [1.82, 2.24) is 20.2 Å². The van der Waals surface area contributed by atoms with Crippen LogP contribution >= 0.6 is 0 Å². The second kappa shape index (κ2) is 4.78. The van der Waals surface area contributed by atoms with Gasteiger partial charge in [-0.25, -0.2) is 4.68 Å². The predicted octanol–water partition coefficient (Wildman–Crippen LogP) is 1.73. The largest absolute Gasteiger partial charge is 0.481 e. The topological polar surface area (TPSA) is 80.9 Å². The van der Waals surface area contributed by atoms with Crippen LogP contribution in [-0.4, -0.2) is 31.3 Å². The summed E-state index contributed by atoms with van der Waals surface area (Å²) in [6, 6.07) is 0. The fourth-order valence-corrected chi connectivity index (χ4v) is 2.47. The minimum Gasteiger partial charge on any atom is -0.481 e. The van der Waals surface area contributed by atoms with E-state index in [4.69, 9.17) is 0 Å². The molecule has 1 aromatic rings. The number of alkyl halides is 3. The van der Waals surface area contributed by atoms with E-state index in [1.54, 1.807) is 0 Å². The molecule has 1 fully saturated rings. The lowest BCUT2D eigenvalue weighted by atomic mass is 9.74. The Balaban J connectivity index is 2.28. The molecule has 0 spiro atoms. The van der Waals surface area contributed by atoms with Crippen molar-refractivity contribution in [2.75, 3.05) is 0 Å². The molecule has 1 heterocycles. The third-order valence-electron chi connectivity index (χ3n) is 3.50. The summed E-state index contributed by atoms with van der Waals surface area (Å²) in [5.41, 5.74) is -1.20. The number of carboxylic acids is 1. The molecular formula is C10H13F3N4O2. The summed E-state index contributed by atoms with van der Waals surface area (Å²) in [5.74, 6) is -2.34. The number of aromatic nitrogens is 4. The first-order chi connectivity index (χ1) is 8.85. The third-order valence-corrected chi connectivity index (χ3v) is 3.50. The Morgan fingerprint density at radius 3 is 2.47 bits per heavy atom. The molecule has 106 valence electrons. The van der Waals surface area contributed by atoms with E-state index >= 15 is 0 Å². The number of tetrazole rings is 1. The van der Waals surface area contributed by atoms with Gasteiger partial charge in [-0.05, 0) is 23.3 Å². The number of carboxylic acid groups (broad SMARTS) is 1. The van der Waals surface area contributed by atoms with Crippen molar-refractivity contribution in [2.24, 2.45) is 5.41 Å². The quantitative estimate of drug-likeness (QED) is 0.910. The van der Waals surface area contributed by atoms with Crippen LogP contribution in [0.15, 0.2) is 0 Å². The van der Waals surface area contributed by atoms with Crippen LogP contribution in [0.4, 0.5) is 13.2 Å². The minimum absolute atomic E-state index is 0.343. The van der Waals surface area contributed by atoms with Gasteiger partial charge in [0.25, 0.3) is 5.82 Å². The molecule has 6 nitrogen and oxygen atoms in total. The maximum absolute atomic E-state index is 12.7. The summed E-state index contributed by atoms with van der Waals surface area (Å²) in [5, 5.41) is 18.5. The van der Waals surface area contributed by atoms with Gasteiger partial charge in [-0.3, -0.25) is 4.79 Å². The lowest BCUT2D eigenvalue weighted by Crippen LogP contribution is -2.39. The number of hydrogen-bond acceptors (Lipinski definition) is 4. The molecular weight excluding hydrogens is 265 g/mol. The van der Waals surface area contributed by atoms with Gasteiger partial charge in [0.05, 0.1) is 12.0 Å². The molecule has 1 aromatic heterocycles. The Labute approximate surface area is 106 Å². The molecule has 0 radical (unpaired) electrons. The van der Waals surface area contributed by atoms with Crippen LogP contribution in [0.1, 0.15) is 37.9 Å². The third kappa shape index (κ3) is 2.69. The van der Waals surface area contributed by atoms with Crippen molar-refractivity contribution in [3.8, 4) is 0 Å². The molecule has 1 aliphatic rings. The highest BCUT2D eigenvalue weighted by atomic mass is 19.4. The number of aliphatic carboxylic acids is 1. The maximum Gasteiger partial charge on any atom is 0.453 e. The van der Waals surface area contributed by atoms with Gasteiger partial charge in [-0.15, -0.1) is 5.10 Å². The summed E-state index contributed by atoms with van der Waals surface area (Å²) in [7, 11) is 0. The summed E-state index contributed by atoms with van der Waals surface area (Å²) < 4.78 is 38.5. The normalized spacial score (nSPS) is 19.3. The van der Waals surface area contributed by atoms with Gasteiger partial charge in [0.1, 0.15) is 0 Å². The minimum atomic E-state index is -4.68. The first-order valence-corrected chi connectivity index (χ1v) is 5.92. The molecule has 0 amide bonds. The van der Waals surface area contributed by atoms with E-state index in [2.05, 4.69) is 15.5 Å². The fraction of sp³-hybridized carbons (Fsp3) is 0.800. The van der Waals surface area contributed by atoms with Crippen molar-refractivity contribution in [2.45, 2.75) is 44.8 Å². The van der Waals surface area contributed by atoms with E-state index < -0.39 is 23.4 Å². The fourth-order valence-electron chi connectivity index (χ4n) is 2.47. The molecule has 1 aliphatic carbocycles. The summed E-state index contributed by atoms with van der Waals surface area (Å²) in [6.07, 6.45) is -1.71. The molecule has 9 heteroatoms. The molecule has 0 bridgehead atoms. The van der Waals surface area contributed by atoms with Gasteiger partial charge in [-0.2, -0.15) is 13.2 Å². The first kappa shape index (κ1) is 13.8. The Hall–Kier alpha value is -1.67. The van der Waals surface area contributed by atoms with Crippen LogP contribution in [-0.2, 0) is 17.5 Å². The second-order valence-corrected chi connectivity index (χ2v) is 4.80. The van der Waals surface area contributed by atoms with Crippen molar-refractivity contribution in [3.63, 3.8) is 0 Å². The van der Waals surface area contributed by atoms with Crippen molar-refractivity contribution < 1.29 is 23.1 Å². The number of rotatable bonds is 3. The zero-order chi connectivity index (χ0) is 14.1. The zero-order valence-corrected chi connectivity index (χ0v) is 10.0. The Bertz CT molecular complexity index is 466. The van der Waals surface area contributed by atoms with Gasteiger partial charge in [-0.1, -0.05) is 19.3 Å². The molecule has 0 unspecified atom stereocenters. The molecule has 0 aliphatic heterocycles. The summed E-state index contributed by atoms with van der Waals surface area (Å²) in [4.78, 5) is 11.4. The summed E-state index contributed by atoms with van der Waals surface area (Å²) in [6.45, 7) is -0.343. The molecule has 0 saturated heterocycles. The molecule has 0 atom stereocenters. The predicted molar refractivity (Wildman–Crippen MR) is 56.0 cm³/mol. The Kier molecular flexibility index (Phi) is 3.46. The highest BCUT2D eigenvalue weighted by molar-refractivity contribution is 5.74. The zero-order valence-electron chi connectivity index (χ0n) is 10.0. The molecule has 1 N–H and O–H groups in total. The highest BCUT2D eigenvalue weighted by Crippen LogP contribution is 2.39. The standard InChI is InChI=1S/C10H13F3N4O2/c11-10(12,13)7-14-15-16-17(7)6-9(8(18)19)4-2-1-3-5-9/h1-6H2,(H,18,19). The maximum atomic E-state index is 12.7. The first-order valence-electron chi connectivity index (χ1n) is 5.92. The van der Waals surface area contributed by atoms with Crippen LogP contribution in [0.5, 0.6) is 0 Å². The smallest absolute Gasteiger partial charge is 0.453 e. The monoisotopic (exact) mass is 278 g/mol. The SMILES string of the molecule is O=C(O)C1(Cn2nnnc2C(F)(F)F)CCCCC1. The summed E-state index contributed by atoms with van der Waals surface area (Å²) >= 11 is 0. The van der Waals surface area contributed by atoms with Gasteiger partial charge in [0, 0.05) is 0 Å². The molecule has 1 saturated carbocycles. The van der Waals surface area contributed by atoms with Gasteiger partial charge >= 0.3 is 12.1 Å². The van der Waals surface area contributed by atoms with Crippen molar-refractivity contribution in [3.05, 3.63) is 5.82 Å². The van der Waals surface area contributed by atoms with Crippen LogP contribution in [0.3, 0.4) is 0 Å². The Morgan fingerprint density at radius 2 is 1.95 bits per heavy atom. The van der Waals surface area contributed by atoms with E-state index in [9.17, 15) is 23.1 Å². The molecule has 0 aromatic carbocycles. The van der Waals surface area contributed by atoms with Gasteiger partial charge in [0.2, 0.25) is 0 Å². The Morgan fingerprint density at radius 1 is 1.32 bits per heavy atom. The average molecular weight is 278 g/mol. The van der Waals surface area contributed by atoms with Crippen LogP contribution in [0, 0.1) is 5.41 Å². The van der Waals surface area contributed by atoms with E-state index in [1.807, 2.05) is 0 Å². The second-order valence-electron chi connectivity index (χ2n) is 4.80. The van der Waals surface area contributed by atoms with Crippen LogP contribution in [0.25, 0.3) is 0 Å². The van der Waals surface area contributed by atoms with E-state index in [0.29, 0.717) is 30.4 Å². The van der Waals surface area contributed by atoms with E-state index in [1.165, 1.54) is 0 Å². The van der Waals surface area contributed by atoms with Gasteiger partial charge < -0.3 is 5.11 Å². The lowest BCUT2D eigenvalue weighted by Gasteiger charge is -2.32. The number of halogens is 3. The number of carbonyl (C=O) groups is 1. The van der Waals surface area contributed by atoms with Crippen LogP contribution in [0.2, 0.25) is 0 Å². The van der Waals surface area contributed by atoms with Crippen LogP contribution < -0.4 is 0 Å². The van der Waals surface area contributed by atoms with Crippen molar-refractivity contribution in [1.29, 1.82) is 0 Å². The number of hydrogen-bond donors (Lipinski definition) is 1. The average Bonchev–Trinajstić information content (AvgIpc) is 2.78. The number of nitrogens with zero attached hydrogens (tertiary/aromatic N) is 4. The van der Waals surface area contributed by atoms with E-state index in [0.717, 1.165) is 6.42 Å². The van der Waals surface area contributed by atoms with Crippen molar-refractivity contribution >= 4 is 5.97 Å². The molecule has 2 rings (SSSR count). The lowest BCUT2D eigenvalue weighted by molar-refractivity contribution is -0.157.